The molecule has 0 spiro atoms. The van der Waals surface area contributed by atoms with E-state index in [1.165, 1.54) is 6.92 Å². The Hall–Kier alpha value is -2.66. The zero-order valence-corrected chi connectivity index (χ0v) is 13.7. The van der Waals surface area contributed by atoms with Gasteiger partial charge in [-0.2, -0.15) is 0 Å². The zero-order valence-electron chi connectivity index (χ0n) is 13.7. The summed E-state index contributed by atoms with van der Waals surface area (Å²) in [5, 5.41) is 2.70. The van der Waals surface area contributed by atoms with Crippen molar-refractivity contribution in [1.29, 1.82) is 0 Å². The second-order valence-corrected chi connectivity index (χ2v) is 5.85. The van der Waals surface area contributed by atoms with Crippen LogP contribution in [-0.4, -0.2) is 29.5 Å². The summed E-state index contributed by atoms with van der Waals surface area (Å²) >= 11 is 0. The van der Waals surface area contributed by atoms with Crippen molar-refractivity contribution in [2.75, 3.05) is 11.9 Å². The molecule has 2 amide bonds. The van der Waals surface area contributed by atoms with Crippen LogP contribution in [0, 0.1) is 0 Å². The van der Waals surface area contributed by atoms with Crippen molar-refractivity contribution in [3.63, 3.8) is 0 Å². The molecule has 0 bridgehead atoms. The highest BCUT2D eigenvalue weighted by Gasteiger charge is 2.34. The summed E-state index contributed by atoms with van der Waals surface area (Å²) in [6.45, 7) is 3.82. The number of anilines is 1. The molecule has 2 atom stereocenters. The highest BCUT2D eigenvalue weighted by molar-refractivity contribution is 5.97. The number of rotatable bonds is 3. The van der Waals surface area contributed by atoms with Gasteiger partial charge in [0.25, 0.3) is 5.91 Å². The van der Waals surface area contributed by atoms with Crippen molar-refractivity contribution >= 4 is 17.5 Å². The van der Waals surface area contributed by atoms with E-state index in [0.717, 1.165) is 5.56 Å². The van der Waals surface area contributed by atoms with Crippen LogP contribution in [0.1, 0.15) is 35.9 Å². The Labute approximate surface area is 141 Å². The van der Waals surface area contributed by atoms with Crippen LogP contribution in [0.5, 0.6) is 0 Å². The van der Waals surface area contributed by atoms with E-state index in [2.05, 4.69) is 5.32 Å². The molecule has 2 unspecified atom stereocenters. The number of hydrogen-bond acceptors (Lipinski definition) is 3. The van der Waals surface area contributed by atoms with Gasteiger partial charge in [0, 0.05) is 18.2 Å². The Balaban J connectivity index is 1.77. The molecule has 24 heavy (non-hydrogen) atoms. The van der Waals surface area contributed by atoms with E-state index < -0.39 is 0 Å². The van der Waals surface area contributed by atoms with Gasteiger partial charge < -0.3 is 15.0 Å². The minimum absolute atomic E-state index is 0.104. The first-order valence-electron chi connectivity index (χ1n) is 7.93. The molecule has 2 aromatic rings. The number of benzene rings is 2. The van der Waals surface area contributed by atoms with Crippen LogP contribution in [0.25, 0.3) is 0 Å². The van der Waals surface area contributed by atoms with Crippen molar-refractivity contribution in [3.8, 4) is 0 Å². The van der Waals surface area contributed by atoms with Gasteiger partial charge in [-0.05, 0) is 30.7 Å². The lowest BCUT2D eigenvalue weighted by Gasteiger charge is -2.19. The summed E-state index contributed by atoms with van der Waals surface area (Å²) in [4.78, 5) is 25.7. The van der Waals surface area contributed by atoms with Gasteiger partial charge in [0.15, 0.2) is 0 Å². The third-order valence-corrected chi connectivity index (χ3v) is 4.02. The lowest BCUT2D eigenvalue weighted by atomic mass is 10.1. The Morgan fingerprint density at radius 3 is 2.58 bits per heavy atom. The monoisotopic (exact) mass is 324 g/mol. The predicted octanol–water partition coefficient (Wildman–Crippen LogP) is 3.20. The van der Waals surface area contributed by atoms with Gasteiger partial charge in [0.05, 0.1) is 6.54 Å². The summed E-state index contributed by atoms with van der Waals surface area (Å²) < 4.78 is 5.93. The molecule has 1 aliphatic heterocycles. The van der Waals surface area contributed by atoms with Gasteiger partial charge in [-0.25, -0.2) is 0 Å². The second kappa shape index (κ2) is 6.84. The molecule has 1 heterocycles. The molecule has 0 saturated carbocycles. The summed E-state index contributed by atoms with van der Waals surface area (Å²) in [7, 11) is 0. The normalized spacial score (nSPS) is 20.0. The first-order valence-corrected chi connectivity index (χ1v) is 7.93. The van der Waals surface area contributed by atoms with E-state index in [4.69, 9.17) is 4.74 Å². The quantitative estimate of drug-likeness (QED) is 0.943. The standard InChI is InChI=1S/C19H20N2O3/c1-13(22)20-17-10-6-9-16(11-17)19(23)21-12-18(24-14(21)2)15-7-4-3-5-8-15/h3-11,14,18H,12H2,1-2H3,(H,20,22). The molecule has 5 nitrogen and oxygen atoms in total. The number of amides is 2. The van der Waals surface area contributed by atoms with E-state index in [-0.39, 0.29) is 24.1 Å². The van der Waals surface area contributed by atoms with Crippen LogP contribution < -0.4 is 5.32 Å². The second-order valence-electron chi connectivity index (χ2n) is 5.85. The third-order valence-electron chi connectivity index (χ3n) is 4.02. The van der Waals surface area contributed by atoms with Crippen LogP contribution in [0.15, 0.2) is 54.6 Å². The smallest absolute Gasteiger partial charge is 0.256 e. The van der Waals surface area contributed by atoms with Crippen LogP contribution in [0.3, 0.4) is 0 Å². The van der Waals surface area contributed by atoms with Crippen molar-refractivity contribution < 1.29 is 14.3 Å². The lowest BCUT2D eigenvalue weighted by molar-refractivity contribution is -0.114. The topological polar surface area (TPSA) is 58.6 Å². The molecule has 0 aromatic heterocycles. The summed E-state index contributed by atoms with van der Waals surface area (Å²) in [5.74, 6) is -0.269. The average Bonchev–Trinajstić information content (AvgIpc) is 2.96. The Morgan fingerprint density at radius 2 is 1.88 bits per heavy atom. The predicted molar refractivity (Wildman–Crippen MR) is 91.5 cm³/mol. The van der Waals surface area contributed by atoms with Crippen LogP contribution in [-0.2, 0) is 9.53 Å². The highest BCUT2D eigenvalue weighted by atomic mass is 16.5. The lowest BCUT2D eigenvalue weighted by Crippen LogP contribution is -2.34. The maximum Gasteiger partial charge on any atom is 0.256 e. The fourth-order valence-corrected chi connectivity index (χ4v) is 2.88. The van der Waals surface area contributed by atoms with Gasteiger partial charge >= 0.3 is 0 Å². The summed E-state index contributed by atoms with van der Waals surface area (Å²) in [6, 6.07) is 16.8. The van der Waals surface area contributed by atoms with Crippen molar-refractivity contribution in [2.24, 2.45) is 0 Å². The van der Waals surface area contributed by atoms with Crippen molar-refractivity contribution in [3.05, 3.63) is 65.7 Å². The van der Waals surface area contributed by atoms with Crippen molar-refractivity contribution in [2.45, 2.75) is 26.2 Å². The number of nitrogens with zero attached hydrogens (tertiary/aromatic N) is 1. The largest absolute Gasteiger partial charge is 0.349 e. The molecule has 1 fully saturated rings. The minimum Gasteiger partial charge on any atom is -0.349 e. The summed E-state index contributed by atoms with van der Waals surface area (Å²) in [5.41, 5.74) is 2.21. The highest BCUT2D eigenvalue weighted by Crippen LogP contribution is 2.30. The fraction of sp³-hybridized carbons (Fsp3) is 0.263. The molecule has 1 saturated heterocycles. The third kappa shape index (κ3) is 3.46. The Kier molecular flexibility index (Phi) is 4.62. The van der Waals surface area contributed by atoms with Gasteiger partial charge in [-0.3, -0.25) is 9.59 Å². The van der Waals surface area contributed by atoms with E-state index in [1.807, 2.05) is 37.3 Å². The molecule has 0 radical (unpaired) electrons. The molecule has 2 aromatic carbocycles. The molecular weight excluding hydrogens is 304 g/mol. The van der Waals surface area contributed by atoms with E-state index >= 15 is 0 Å². The van der Waals surface area contributed by atoms with Gasteiger partial charge in [-0.1, -0.05) is 36.4 Å². The minimum atomic E-state index is -0.299. The molecule has 1 aliphatic rings. The molecule has 3 rings (SSSR count). The first-order chi connectivity index (χ1) is 11.5. The van der Waals surface area contributed by atoms with E-state index in [9.17, 15) is 9.59 Å². The first kappa shape index (κ1) is 16.2. The number of nitrogens with one attached hydrogen (secondary N) is 1. The van der Waals surface area contributed by atoms with Crippen LogP contribution >= 0.6 is 0 Å². The fourth-order valence-electron chi connectivity index (χ4n) is 2.88. The zero-order chi connectivity index (χ0) is 17.1. The van der Waals surface area contributed by atoms with Crippen LogP contribution in [0.4, 0.5) is 5.69 Å². The molecule has 0 aliphatic carbocycles. The molecule has 124 valence electrons. The van der Waals surface area contributed by atoms with Gasteiger partial charge in [0.1, 0.15) is 12.3 Å². The maximum absolute atomic E-state index is 12.8. The van der Waals surface area contributed by atoms with Crippen LogP contribution in [0.2, 0.25) is 0 Å². The average molecular weight is 324 g/mol. The molecular formula is C19H20N2O3. The van der Waals surface area contributed by atoms with Gasteiger partial charge in [0.2, 0.25) is 5.91 Å². The SMILES string of the molecule is CC(=O)Nc1cccc(C(=O)N2CC(c3ccccc3)OC2C)c1. The summed E-state index contributed by atoms with van der Waals surface area (Å²) in [6.07, 6.45) is -0.421. The number of ether oxygens (including phenoxy) is 1. The maximum atomic E-state index is 12.8. The van der Waals surface area contributed by atoms with E-state index in [0.29, 0.717) is 17.8 Å². The number of hydrogen-bond donors (Lipinski definition) is 1. The number of carbonyl (C=O) groups is 2. The van der Waals surface area contributed by atoms with Gasteiger partial charge in [-0.15, -0.1) is 0 Å². The molecule has 1 N–H and O–H groups in total. The Bertz CT molecular complexity index is 745. The molecule has 5 heteroatoms. The number of carbonyl (C=O) groups excluding carboxylic acids is 2. The Morgan fingerprint density at radius 1 is 1.12 bits per heavy atom. The van der Waals surface area contributed by atoms with E-state index in [1.54, 1.807) is 29.2 Å². The van der Waals surface area contributed by atoms with Crippen molar-refractivity contribution in [1.82, 2.24) is 4.90 Å².